The van der Waals surface area contributed by atoms with Crippen LogP contribution in [-0.2, 0) is 13.7 Å². The summed E-state index contributed by atoms with van der Waals surface area (Å²) in [4.78, 5) is 26.8. The average molecular weight is 363 g/mol. The molecule has 136 valence electrons. The van der Waals surface area contributed by atoms with Crippen LogP contribution in [0.15, 0.2) is 67.0 Å². The van der Waals surface area contributed by atoms with Crippen molar-refractivity contribution >= 4 is 17.5 Å². The van der Waals surface area contributed by atoms with E-state index in [1.807, 2.05) is 17.8 Å². The first kappa shape index (κ1) is 18.1. The van der Waals surface area contributed by atoms with Gasteiger partial charge in [0, 0.05) is 37.1 Å². The first-order valence-electron chi connectivity index (χ1n) is 8.19. The molecule has 0 N–H and O–H groups in total. The number of allylic oxidation sites excluding steroid dienone is 1. The molecule has 0 spiro atoms. The zero-order valence-electron chi connectivity index (χ0n) is 14.6. The maximum atomic E-state index is 12.3. The smallest absolute Gasteiger partial charge is 0.270 e. The highest BCUT2D eigenvalue weighted by atomic mass is 16.6. The van der Waals surface area contributed by atoms with Gasteiger partial charge in [0.2, 0.25) is 0 Å². The van der Waals surface area contributed by atoms with Crippen LogP contribution in [0.25, 0.3) is 6.08 Å². The number of imidazole rings is 1. The minimum Gasteiger partial charge on any atom is -0.486 e. The summed E-state index contributed by atoms with van der Waals surface area (Å²) in [5.74, 6) is 1.24. The number of aromatic nitrogens is 2. The van der Waals surface area contributed by atoms with Crippen molar-refractivity contribution in [3.05, 3.63) is 94.1 Å². The Kier molecular flexibility index (Phi) is 5.41. The van der Waals surface area contributed by atoms with Crippen LogP contribution in [0.4, 0.5) is 5.69 Å². The van der Waals surface area contributed by atoms with Crippen molar-refractivity contribution in [3.8, 4) is 5.75 Å². The number of nitro benzene ring substituents is 1. The molecule has 0 radical (unpaired) electrons. The normalized spacial score (nSPS) is 10.9. The molecule has 0 saturated carbocycles. The standard InChI is InChI=1S/C20H17N3O4/c1-22-12-11-21-20(22)14-27-18-8-6-16(7-9-18)19(24)10-5-15-3-2-4-17(13-15)23(25)26/h2-13H,14H2,1H3/b10-5+. The average Bonchev–Trinajstić information content (AvgIpc) is 3.10. The Balaban J connectivity index is 1.62. The first-order valence-corrected chi connectivity index (χ1v) is 8.19. The van der Waals surface area contributed by atoms with E-state index < -0.39 is 4.92 Å². The second-order valence-corrected chi connectivity index (χ2v) is 5.82. The Morgan fingerprint density at radius 2 is 2.04 bits per heavy atom. The largest absolute Gasteiger partial charge is 0.486 e. The molecule has 1 heterocycles. The summed E-state index contributed by atoms with van der Waals surface area (Å²) < 4.78 is 7.53. The number of carbonyl (C=O) groups excluding carboxylic acids is 1. The quantitative estimate of drug-likeness (QED) is 0.276. The van der Waals surface area contributed by atoms with Gasteiger partial charge in [0.1, 0.15) is 18.2 Å². The fourth-order valence-electron chi connectivity index (χ4n) is 2.41. The maximum Gasteiger partial charge on any atom is 0.270 e. The third-order valence-corrected chi connectivity index (χ3v) is 3.94. The molecule has 0 amide bonds. The van der Waals surface area contributed by atoms with Gasteiger partial charge in [-0.2, -0.15) is 0 Å². The fraction of sp³-hybridized carbons (Fsp3) is 0.100. The van der Waals surface area contributed by atoms with Gasteiger partial charge in [0.25, 0.3) is 5.69 Å². The summed E-state index contributed by atoms with van der Waals surface area (Å²) in [6, 6.07) is 12.9. The number of ether oxygens (including phenoxy) is 1. The van der Waals surface area contributed by atoms with E-state index in [0.717, 1.165) is 5.82 Å². The van der Waals surface area contributed by atoms with Crippen molar-refractivity contribution in [1.82, 2.24) is 9.55 Å². The number of ketones is 1. The molecule has 0 bridgehead atoms. The number of non-ortho nitro benzene ring substituents is 1. The predicted octanol–water partition coefficient (Wildman–Crippen LogP) is 3.80. The van der Waals surface area contributed by atoms with Crippen molar-refractivity contribution in [2.45, 2.75) is 6.61 Å². The van der Waals surface area contributed by atoms with Crippen LogP contribution in [0, 0.1) is 10.1 Å². The lowest BCUT2D eigenvalue weighted by atomic mass is 10.1. The Labute approximate surface area is 155 Å². The number of rotatable bonds is 7. The first-order chi connectivity index (χ1) is 13.0. The molecule has 1 aromatic heterocycles. The highest BCUT2D eigenvalue weighted by Gasteiger charge is 2.06. The highest BCUT2D eigenvalue weighted by molar-refractivity contribution is 6.06. The van der Waals surface area contributed by atoms with Gasteiger partial charge in [-0.3, -0.25) is 14.9 Å². The molecular formula is C20H17N3O4. The fourth-order valence-corrected chi connectivity index (χ4v) is 2.41. The minimum atomic E-state index is -0.469. The monoisotopic (exact) mass is 363 g/mol. The van der Waals surface area contributed by atoms with E-state index in [1.165, 1.54) is 18.2 Å². The maximum absolute atomic E-state index is 12.3. The van der Waals surface area contributed by atoms with E-state index in [1.54, 1.807) is 48.7 Å². The number of carbonyl (C=O) groups is 1. The van der Waals surface area contributed by atoms with Gasteiger partial charge in [-0.1, -0.05) is 18.2 Å². The molecule has 0 aliphatic rings. The predicted molar refractivity (Wildman–Crippen MR) is 100 cm³/mol. The highest BCUT2D eigenvalue weighted by Crippen LogP contribution is 2.16. The molecular weight excluding hydrogens is 346 g/mol. The molecule has 0 unspecified atom stereocenters. The molecule has 27 heavy (non-hydrogen) atoms. The van der Waals surface area contributed by atoms with Crippen molar-refractivity contribution in [3.63, 3.8) is 0 Å². The second-order valence-electron chi connectivity index (χ2n) is 5.82. The van der Waals surface area contributed by atoms with E-state index >= 15 is 0 Å². The zero-order chi connectivity index (χ0) is 19.2. The molecule has 3 aromatic rings. The van der Waals surface area contributed by atoms with Crippen molar-refractivity contribution in [1.29, 1.82) is 0 Å². The third-order valence-electron chi connectivity index (χ3n) is 3.94. The lowest BCUT2D eigenvalue weighted by Crippen LogP contribution is -2.03. The van der Waals surface area contributed by atoms with Crippen LogP contribution in [-0.4, -0.2) is 20.3 Å². The summed E-state index contributed by atoms with van der Waals surface area (Å²) in [6.07, 6.45) is 6.49. The van der Waals surface area contributed by atoms with Gasteiger partial charge >= 0.3 is 0 Å². The van der Waals surface area contributed by atoms with E-state index in [9.17, 15) is 14.9 Å². The summed E-state index contributed by atoms with van der Waals surface area (Å²) in [6.45, 7) is 0.337. The summed E-state index contributed by atoms with van der Waals surface area (Å²) in [5, 5.41) is 10.8. The van der Waals surface area contributed by atoms with Gasteiger partial charge in [0.15, 0.2) is 5.78 Å². The van der Waals surface area contributed by atoms with E-state index in [0.29, 0.717) is 23.5 Å². The van der Waals surface area contributed by atoms with Crippen molar-refractivity contribution < 1.29 is 14.5 Å². The van der Waals surface area contributed by atoms with Gasteiger partial charge in [-0.25, -0.2) is 4.98 Å². The van der Waals surface area contributed by atoms with Crippen LogP contribution < -0.4 is 4.74 Å². The lowest BCUT2D eigenvalue weighted by molar-refractivity contribution is -0.384. The van der Waals surface area contributed by atoms with Gasteiger partial charge in [0.05, 0.1) is 4.92 Å². The Morgan fingerprint density at radius 3 is 2.70 bits per heavy atom. The van der Waals surface area contributed by atoms with Crippen LogP contribution in [0.2, 0.25) is 0 Å². The topological polar surface area (TPSA) is 87.3 Å². The van der Waals surface area contributed by atoms with E-state index in [2.05, 4.69) is 4.98 Å². The number of benzene rings is 2. The molecule has 3 rings (SSSR count). The minimum absolute atomic E-state index is 0.0150. The Hall–Kier alpha value is -3.74. The number of hydrogen-bond acceptors (Lipinski definition) is 5. The van der Waals surface area contributed by atoms with Gasteiger partial charge < -0.3 is 9.30 Å². The number of nitro groups is 1. The van der Waals surface area contributed by atoms with Crippen molar-refractivity contribution in [2.24, 2.45) is 7.05 Å². The molecule has 0 saturated heterocycles. The number of nitrogens with zero attached hydrogens (tertiary/aromatic N) is 3. The van der Waals surface area contributed by atoms with E-state index in [4.69, 9.17) is 4.74 Å². The summed E-state index contributed by atoms with van der Waals surface area (Å²) >= 11 is 0. The van der Waals surface area contributed by atoms with Gasteiger partial charge in [-0.15, -0.1) is 0 Å². The summed E-state index contributed by atoms with van der Waals surface area (Å²) in [7, 11) is 1.89. The molecule has 0 aliphatic heterocycles. The van der Waals surface area contributed by atoms with Gasteiger partial charge in [-0.05, 0) is 35.9 Å². The van der Waals surface area contributed by atoms with Crippen molar-refractivity contribution in [2.75, 3.05) is 0 Å². The second kappa shape index (κ2) is 8.09. The third kappa shape index (κ3) is 4.66. The Bertz CT molecular complexity index is 990. The summed E-state index contributed by atoms with van der Waals surface area (Å²) in [5.41, 5.74) is 1.08. The molecule has 7 nitrogen and oxygen atoms in total. The molecule has 0 fully saturated rings. The zero-order valence-corrected chi connectivity index (χ0v) is 14.6. The van der Waals surface area contributed by atoms with Crippen LogP contribution in [0.5, 0.6) is 5.75 Å². The molecule has 0 atom stereocenters. The molecule has 7 heteroatoms. The van der Waals surface area contributed by atoms with Crippen LogP contribution in [0.1, 0.15) is 21.7 Å². The molecule has 0 aliphatic carbocycles. The number of hydrogen-bond donors (Lipinski definition) is 0. The number of aryl methyl sites for hydroxylation is 1. The molecule has 2 aromatic carbocycles. The Morgan fingerprint density at radius 1 is 1.26 bits per heavy atom. The van der Waals surface area contributed by atoms with E-state index in [-0.39, 0.29) is 11.5 Å². The van der Waals surface area contributed by atoms with Crippen LogP contribution >= 0.6 is 0 Å². The lowest BCUT2D eigenvalue weighted by Gasteiger charge is -2.06. The van der Waals surface area contributed by atoms with Crippen LogP contribution in [0.3, 0.4) is 0 Å². The SMILES string of the molecule is Cn1ccnc1COc1ccc(C(=O)/C=C/c2cccc([N+](=O)[O-])c2)cc1.